The van der Waals surface area contributed by atoms with Crippen LogP contribution < -0.4 is 0 Å². The molecule has 4 nitrogen and oxygen atoms in total. The van der Waals surface area contributed by atoms with E-state index in [1.165, 1.54) is 12.1 Å². The summed E-state index contributed by atoms with van der Waals surface area (Å²) in [5.74, 6) is -0.240. The van der Waals surface area contributed by atoms with E-state index in [1.807, 2.05) is 0 Å². The molecule has 0 atom stereocenters. The number of hydrogen-bond acceptors (Lipinski definition) is 3. The normalized spacial score (nSPS) is 11.0. The molecular weight excluding hydrogens is 299 g/mol. The van der Waals surface area contributed by atoms with Crippen LogP contribution in [0.2, 0.25) is 0 Å². The Morgan fingerprint density at radius 1 is 1.22 bits per heavy atom. The first-order valence-corrected chi connectivity index (χ1v) is 6.11. The molecule has 0 aliphatic carbocycles. The molecule has 1 N–H and O–H groups in total. The smallest absolute Gasteiger partial charge is 0.199 e. The molecule has 18 heavy (non-hydrogen) atoms. The highest BCUT2D eigenvalue weighted by Crippen LogP contribution is 2.17. The first-order chi connectivity index (χ1) is 8.72. The minimum Gasteiger partial charge on any atom is -0.278 e. The van der Waals surface area contributed by atoms with Crippen LogP contribution in [0.4, 0.5) is 4.39 Å². The molecule has 0 bridgehead atoms. The Balaban J connectivity index is 1.99. The van der Waals surface area contributed by atoms with E-state index in [4.69, 9.17) is 0 Å². The Kier molecular flexibility index (Phi) is 2.79. The first kappa shape index (κ1) is 11.3. The minimum absolute atomic E-state index is 0.240. The molecule has 0 saturated carbocycles. The third-order valence-electron chi connectivity index (χ3n) is 2.60. The standard InChI is InChI=1S/C12H8BrFN4/c13-10-6-15-12-11(16-10)9(17-18-12)5-7-1-3-8(14)4-2-7/h1-4,6H,5H2,(H,15,17,18). The van der Waals surface area contributed by atoms with Gasteiger partial charge in [-0.15, -0.1) is 0 Å². The fourth-order valence-electron chi connectivity index (χ4n) is 1.75. The molecule has 6 heteroatoms. The van der Waals surface area contributed by atoms with Gasteiger partial charge in [0.25, 0.3) is 0 Å². The summed E-state index contributed by atoms with van der Waals surface area (Å²) in [6, 6.07) is 6.37. The Labute approximate surface area is 110 Å². The monoisotopic (exact) mass is 306 g/mol. The van der Waals surface area contributed by atoms with E-state index in [2.05, 4.69) is 36.1 Å². The highest BCUT2D eigenvalue weighted by atomic mass is 79.9. The van der Waals surface area contributed by atoms with Crippen molar-refractivity contribution >= 4 is 27.1 Å². The van der Waals surface area contributed by atoms with Crippen LogP contribution in [-0.2, 0) is 6.42 Å². The van der Waals surface area contributed by atoms with Crippen LogP contribution in [0.25, 0.3) is 11.2 Å². The van der Waals surface area contributed by atoms with Crippen molar-refractivity contribution in [3.63, 3.8) is 0 Å². The van der Waals surface area contributed by atoms with Gasteiger partial charge in [-0.2, -0.15) is 5.10 Å². The Hall–Kier alpha value is -1.82. The van der Waals surface area contributed by atoms with Crippen molar-refractivity contribution in [2.45, 2.75) is 6.42 Å². The number of nitrogens with zero attached hydrogens (tertiary/aromatic N) is 3. The molecule has 1 aromatic carbocycles. The summed E-state index contributed by atoms with van der Waals surface area (Å²) in [7, 11) is 0. The largest absolute Gasteiger partial charge is 0.278 e. The van der Waals surface area contributed by atoms with Crippen LogP contribution in [0.1, 0.15) is 11.3 Å². The summed E-state index contributed by atoms with van der Waals surface area (Å²) in [6.45, 7) is 0. The van der Waals surface area contributed by atoms with E-state index >= 15 is 0 Å². The molecule has 0 spiro atoms. The molecule has 0 aliphatic rings. The number of benzene rings is 1. The molecule has 3 rings (SSSR count). The van der Waals surface area contributed by atoms with Crippen molar-refractivity contribution in [3.8, 4) is 0 Å². The molecule has 3 aromatic rings. The van der Waals surface area contributed by atoms with Crippen LogP contribution in [0.3, 0.4) is 0 Å². The summed E-state index contributed by atoms with van der Waals surface area (Å²) in [5.41, 5.74) is 3.16. The number of rotatable bonds is 2. The van der Waals surface area contributed by atoms with Crippen molar-refractivity contribution in [1.29, 1.82) is 0 Å². The SMILES string of the molecule is Fc1ccc(Cc2[nH]nc3ncc(Br)nc23)cc1. The van der Waals surface area contributed by atoms with Gasteiger partial charge in [-0.1, -0.05) is 12.1 Å². The summed E-state index contributed by atoms with van der Waals surface area (Å²) < 4.78 is 13.5. The number of aromatic amines is 1. The van der Waals surface area contributed by atoms with Gasteiger partial charge in [0.15, 0.2) is 5.65 Å². The highest BCUT2D eigenvalue weighted by Gasteiger charge is 2.09. The number of fused-ring (bicyclic) bond motifs is 1. The van der Waals surface area contributed by atoms with Gasteiger partial charge < -0.3 is 0 Å². The Bertz CT molecular complexity index is 693. The van der Waals surface area contributed by atoms with Crippen LogP contribution >= 0.6 is 15.9 Å². The van der Waals surface area contributed by atoms with Crippen LogP contribution in [-0.4, -0.2) is 20.2 Å². The molecule has 0 unspecified atom stereocenters. The topological polar surface area (TPSA) is 54.5 Å². The van der Waals surface area contributed by atoms with E-state index in [1.54, 1.807) is 18.3 Å². The second kappa shape index (κ2) is 4.45. The first-order valence-electron chi connectivity index (χ1n) is 5.32. The average molecular weight is 307 g/mol. The van der Waals surface area contributed by atoms with E-state index in [0.29, 0.717) is 16.7 Å². The van der Waals surface area contributed by atoms with Crippen molar-refractivity contribution in [1.82, 2.24) is 20.2 Å². The Morgan fingerprint density at radius 3 is 2.78 bits per heavy atom. The van der Waals surface area contributed by atoms with Gasteiger partial charge in [-0.3, -0.25) is 5.10 Å². The molecule has 0 amide bonds. The lowest BCUT2D eigenvalue weighted by Gasteiger charge is -1.99. The number of nitrogens with one attached hydrogen (secondary N) is 1. The molecule has 2 heterocycles. The zero-order valence-electron chi connectivity index (χ0n) is 9.19. The highest BCUT2D eigenvalue weighted by molar-refractivity contribution is 9.10. The van der Waals surface area contributed by atoms with Gasteiger partial charge in [0.1, 0.15) is 15.9 Å². The average Bonchev–Trinajstić information content (AvgIpc) is 2.75. The van der Waals surface area contributed by atoms with Gasteiger partial charge in [0.2, 0.25) is 0 Å². The fourth-order valence-corrected chi connectivity index (χ4v) is 2.03. The molecule has 2 aromatic heterocycles. The van der Waals surface area contributed by atoms with E-state index in [-0.39, 0.29) is 5.82 Å². The van der Waals surface area contributed by atoms with Crippen molar-refractivity contribution in [2.75, 3.05) is 0 Å². The second-order valence-electron chi connectivity index (χ2n) is 3.87. The number of aromatic nitrogens is 4. The van der Waals surface area contributed by atoms with Crippen LogP contribution in [0, 0.1) is 5.82 Å². The maximum atomic E-state index is 12.8. The zero-order valence-corrected chi connectivity index (χ0v) is 10.8. The third-order valence-corrected chi connectivity index (χ3v) is 2.98. The van der Waals surface area contributed by atoms with E-state index in [9.17, 15) is 4.39 Å². The van der Waals surface area contributed by atoms with Crippen molar-refractivity contribution in [2.24, 2.45) is 0 Å². The quantitative estimate of drug-likeness (QED) is 0.792. The lowest BCUT2D eigenvalue weighted by Crippen LogP contribution is -1.91. The molecule has 0 saturated heterocycles. The number of halogens is 2. The van der Waals surface area contributed by atoms with Gasteiger partial charge >= 0.3 is 0 Å². The molecule has 0 aliphatic heterocycles. The summed E-state index contributed by atoms with van der Waals surface area (Å²) in [4.78, 5) is 8.48. The molecule has 0 radical (unpaired) electrons. The predicted octanol–water partition coefficient (Wildman–Crippen LogP) is 2.85. The molecular formula is C12H8BrFN4. The van der Waals surface area contributed by atoms with Crippen molar-refractivity contribution in [3.05, 3.63) is 52.1 Å². The minimum atomic E-state index is -0.240. The third kappa shape index (κ3) is 2.11. The van der Waals surface area contributed by atoms with Crippen LogP contribution in [0.15, 0.2) is 35.1 Å². The molecule has 0 fully saturated rings. The van der Waals surface area contributed by atoms with E-state index in [0.717, 1.165) is 16.8 Å². The van der Waals surface area contributed by atoms with Gasteiger partial charge in [0.05, 0.1) is 11.9 Å². The summed E-state index contributed by atoms with van der Waals surface area (Å²) in [6.07, 6.45) is 2.22. The zero-order chi connectivity index (χ0) is 12.5. The molecule has 90 valence electrons. The Morgan fingerprint density at radius 2 is 2.00 bits per heavy atom. The maximum absolute atomic E-state index is 12.8. The van der Waals surface area contributed by atoms with Crippen molar-refractivity contribution < 1.29 is 4.39 Å². The second-order valence-corrected chi connectivity index (χ2v) is 4.68. The predicted molar refractivity (Wildman–Crippen MR) is 68.6 cm³/mol. The van der Waals surface area contributed by atoms with E-state index < -0.39 is 0 Å². The summed E-state index contributed by atoms with van der Waals surface area (Å²) >= 11 is 3.28. The number of hydrogen-bond donors (Lipinski definition) is 1. The van der Waals surface area contributed by atoms with Gasteiger partial charge in [-0.05, 0) is 33.6 Å². The van der Waals surface area contributed by atoms with Crippen LogP contribution in [0.5, 0.6) is 0 Å². The number of H-pyrrole nitrogens is 1. The lowest BCUT2D eigenvalue weighted by atomic mass is 10.1. The lowest BCUT2D eigenvalue weighted by molar-refractivity contribution is 0.627. The summed E-state index contributed by atoms with van der Waals surface area (Å²) in [5, 5.41) is 6.99. The van der Waals surface area contributed by atoms with Gasteiger partial charge in [0, 0.05) is 6.42 Å². The van der Waals surface area contributed by atoms with Gasteiger partial charge in [-0.25, -0.2) is 14.4 Å². The fraction of sp³-hybridized carbons (Fsp3) is 0.0833. The maximum Gasteiger partial charge on any atom is 0.199 e.